The van der Waals surface area contributed by atoms with E-state index < -0.39 is 96.6 Å². The van der Waals surface area contributed by atoms with Crippen molar-refractivity contribution in [1.29, 1.82) is 0 Å². The summed E-state index contributed by atoms with van der Waals surface area (Å²) in [7, 11) is 0. The predicted octanol–water partition coefficient (Wildman–Crippen LogP) is -20.3. The zero-order chi connectivity index (χ0) is 33.2. The number of aliphatic hydroxyl groups is 8. The average Bonchev–Trinajstić information content (AvgIpc) is 2.85. The summed E-state index contributed by atoms with van der Waals surface area (Å²) in [6.45, 7) is 0. The van der Waals surface area contributed by atoms with Crippen molar-refractivity contribution in [3.05, 3.63) is 0 Å². The van der Waals surface area contributed by atoms with Crippen molar-refractivity contribution in [2.75, 3.05) is 0 Å². The van der Waals surface area contributed by atoms with Gasteiger partial charge >= 0.3 is 97.7 Å². The first-order chi connectivity index (χ1) is 17.9. The molecule has 0 fully saturated rings. The summed E-state index contributed by atoms with van der Waals surface area (Å²) in [5.74, 6) is -16.5. The van der Waals surface area contributed by atoms with E-state index in [0.717, 1.165) is 0 Å². The Labute approximate surface area is 311 Å². The first-order valence-electron chi connectivity index (χ1n) is 8.97. The van der Waals surface area contributed by atoms with Gasteiger partial charge in [0.25, 0.3) is 0 Å². The van der Waals surface area contributed by atoms with Gasteiger partial charge < -0.3 is 120 Å². The molecule has 0 saturated heterocycles. The normalized spacial score (nSPS) is 14.7. The Morgan fingerprint density at radius 1 is 0.279 bits per heavy atom. The Kier molecular flexibility index (Phi) is 39.1. The zero-order valence-electron chi connectivity index (χ0n) is 20.3. The van der Waals surface area contributed by atoms with E-state index >= 15 is 0 Å². The van der Waals surface area contributed by atoms with Crippen LogP contribution >= 0.6 is 0 Å². The minimum Gasteiger partial charge on any atom is -0.547 e. The first kappa shape index (κ1) is 57.3. The van der Waals surface area contributed by atoms with E-state index in [1.807, 2.05) is 0 Å². The van der Waals surface area contributed by atoms with Crippen molar-refractivity contribution in [1.82, 2.24) is 0 Å². The Morgan fingerprint density at radius 2 is 0.326 bits per heavy atom. The maximum atomic E-state index is 9.63. The van der Waals surface area contributed by atoms with E-state index in [-0.39, 0.29) is 97.7 Å². The van der Waals surface area contributed by atoms with Gasteiger partial charge in [-0.2, -0.15) is 0 Å². The van der Waals surface area contributed by atoms with Crippen LogP contribution in [-0.2, 0) is 38.4 Å². The number of carbonyl (C=O) groups excluding carboxylic acids is 8. The van der Waals surface area contributed by atoms with E-state index in [2.05, 4.69) is 0 Å². The summed E-state index contributed by atoms with van der Waals surface area (Å²) < 4.78 is 0. The molecule has 0 amide bonds. The molecule has 8 atom stereocenters. The molecule has 0 aromatic carbocycles. The number of aliphatic carboxylic acids is 8. The maximum Gasteiger partial charge on any atom is 3.00 e. The fourth-order valence-electron chi connectivity index (χ4n) is 1.03. The van der Waals surface area contributed by atoms with Gasteiger partial charge in [0.2, 0.25) is 0 Å². The van der Waals surface area contributed by atoms with Crippen LogP contribution in [0.15, 0.2) is 0 Å². The molecule has 0 aliphatic rings. The molecule has 0 spiro atoms. The van der Waals surface area contributed by atoms with Crippen molar-refractivity contribution >= 4 is 145 Å². The van der Waals surface area contributed by atoms with Crippen molar-refractivity contribution in [2.45, 2.75) is 48.8 Å². The van der Waals surface area contributed by atoms with Crippen LogP contribution in [0.5, 0.6) is 0 Å². The number of carboxylic acid groups (broad SMARTS) is 8. The second-order valence-corrected chi connectivity index (χ2v) is 6.11. The van der Waals surface area contributed by atoms with Gasteiger partial charge in [-0.15, -0.1) is 0 Å². The SMILES string of the molecule is O=C([O-])C(O)C(O)C(=O)[O-].O=C([O-])C(O)C(O)C(=O)[O-].O=C([O-])C(O)C(O)C(=O)[O-].O=C([O-])C(O)C(O)C(=O)[O-].[Ba+2].[Sb+3].[Sb+3]. The van der Waals surface area contributed by atoms with Gasteiger partial charge in [0.1, 0.15) is 48.8 Å². The van der Waals surface area contributed by atoms with Crippen molar-refractivity contribution < 1.29 is 120 Å². The molecule has 0 aliphatic carbocycles. The van der Waals surface area contributed by atoms with Crippen LogP contribution in [0.4, 0.5) is 0 Å². The summed E-state index contributed by atoms with van der Waals surface area (Å²) in [5.41, 5.74) is 0. The van der Waals surface area contributed by atoms with Gasteiger partial charge in [-0.05, 0) is 0 Å². The zero-order valence-corrected chi connectivity index (χ0v) is 29.9. The Morgan fingerprint density at radius 3 is 0.349 bits per heavy atom. The van der Waals surface area contributed by atoms with Gasteiger partial charge in [-0.3, -0.25) is 0 Å². The van der Waals surface area contributed by atoms with Gasteiger partial charge in [-0.1, -0.05) is 0 Å². The molecule has 0 aliphatic heterocycles. The van der Waals surface area contributed by atoms with Crippen LogP contribution in [0.1, 0.15) is 0 Å². The number of aliphatic hydroxyl groups excluding tert-OH is 8. The summed E-state index contributed by atoms with van der Waals surface area (Å²) in [4.78, 5) is 77.1. The Bertz CT molecular complexity index is 698. The van der Waals surface area contributed by atoms with Gasteiger partial charge in [0.15, 0.2) is 0 Å². The van der Waals surface area contributed by atoms with Crippen molar-refractivity contribution in [3.63, 3.8) is 0 Å². The topological polar surface area (TPSA) is 483 Å². The minimum absolute atomic E-state index is 0. The Balaban J connectivity index is -0.0000000785. The van der Waals surface area contributed by atoms with Gasteiger partial charge in [0, 0.05) is 0 Å². The third kappa shape index (κ3) is 27.9. The quantitative estimate of drug-likeness (QED) is 0.0842. The minimum atomic E-state index is -2.44. The standard InChI is InChI=1S/4C4H6O6.Ba.2Sb/c4*5-1(3(7)8)2(6)4(9)10;;;/h4*1-2,5-6H,(H,7,8)(H,9,10);;;/q;;;;+2;2*+3/p-8. The summed E-state index contributed by atoms with van der Waals surface area (Å²) in [6.07, 6.45) is -19.5. The molecule has 0 heterocycles. The largest absolute Gasteiger partial charge is 3.00 e. The van der Waals surface area contributed by atoms with Gasteiger partial charge in [-0.25, -0.2) is 0 Å². The second kappa shape index (κ2) is 29.4. The molecule has 24 nitrogen and oxygen atoms in total. The average molecular weight is 973 g/mol. The van der Waals surface area contributed by atoms with Crippen LogP contribution in [0.2, 0.25) is 0 Å². The van der Waals surface area contributed by atoms with Crippen LogP contribution in [0.25, 0.3) is 0 Å². The fraction of sp³-hybridized carbons (Fsp3) is 0.500. The van der Waals surface area contributed by atoms with Crippen molar-refractivity contribution in [3.8, 4) is 0 Å². The molecule has 0 bridgehead atoms. The predicted molar refractivity (Wildman–Crippen MR) is 105 cm³/mol. The molecular formula is C16H16BaO24Sb2. The molecule has 0 saturated carbocycles. The molecule has 0 rings (SSSR count). The van der Waals surface area contributed by atoms with E-state index in [4.69, 9.17) is 40.9 Å². The van der Waals surface area contributed by atoms with Crippen LogP contribution < -0.4 is 40.9 Å². The molecule has 8 unspecified atom stereocenters. The van der Waals surface area contributed by atoms with E-state index in [1.165, 1.54) is 0 Å². The number of carbonyl (C=O) groups is 8. The first-order valence-corrected chi connectivity index (χ1v) is 8.97. The van der Waals surface area contributed by atoms with Crippen LogP contribution in [-0.4, -0.2) is 235 Å². The monoisotopic (exact) mass is 972 g/mol. The second-order valence-electron chi connectivity index (χ2n) is 6.11. The van der Waals surface area contributed by atoms with Crippen LogP contribution in [0, 0.1) is 0 Å². The third-order valence-corrected chi connectivity index (χ3v) is 3.13. The molecule has 4 radical (unpaired) electrons. The maximum absolute atomic E-state index is 9.63. The van der Waals surface area contributed by atoms with E-state index in [1.54, 1.807) is 0 Å². The molecule has 27 heteroatoms. The number of rotatable bonds is 12. The number of carboxylic acids is 8. The molecular weight excluding hydrogens is 957 g/mol. The van der Waals surface area contributed by atoms with Gasteiger partial charge in [0.05, 0.1) is 47.8 Å². The number of hydrogen-bond acceptors (Lipinski definition) is 24. The van der Waals surface area contributed by atoms with Crippen molar-refractivity contribution in [2.24, 2.45) is 0 Å². The summed E-state index contributed by atoms with van der Waals surface area (Å²) in [6, 6.07) is 0. The molecule has 236 valence electrons. The van der Waals surface area contributed by atoms with E-state index in [9.17, 15) is 79.2 Å². The summed E-state index contributed by atoms with van der Waals surface area (Å²) >= 11 is 0. The summed E-state index contributed by atoms with van der Waals surface area (Å²) in [5, 5.41) is 143. The smallest absolute Gasteiger partial charge is 0.547 e. The Hall–Kier alpha value is -1.35. The number of hydrogen-bond donors (Lipinski definition) is 8. The van der Waals surface area contributed by atoms with E-state index in [0.29, 0.717) is 0 Å². The van der Waals surface area contributed by atoms with Crippen LogP contribution in [0.3, 0.4) is 0 Å². The molecule has 8 N–H and O–H groups in total. The third-order valence-electron chi connectivity index (χ3n) is 3.13. The molecule has 43 heavy (non-hydrogen) atoms. The fourth-order valence-corrected chi connectivity index (χ4v) is 1.03. The molecule has 0 aromatic heterocycles. The molecule has 0 aromatic rings.